The fourth-order valence-corrected chi connectivity index (χ4v) is 22.3. The molecule has 9 aromatic heterocycles. The molecule has 7 aromatic carbocycles. The van der Waals surface area contributed by atoms with Crippen LogP contribution in [0.4, 0.5) is 5.69 Å². The average Bonchev–Trinajstić information content (AvgIpc) is 1.58. The number of carbonyl (C=O) groups excluding carboxylic acids is 3. The van der Waals surface area contributed by atoms with Gasteiger partial charge in [0.25, 0.3) is 0 Å². The van der Waals surface area contributed by atoms with E-state index in [4.69, 9.17) is 67.7 Å². The van der Waals surface area contributed by atoms with E-state index >= 15 is 0 Å². The normalized spacial score (nSPS) is 15.2. The molecule has 0 saturated carbocycles. The fourth-order valence-electron chi connectivity index (χ4n) is 21.4. The van der Waals surface area contributed by atoms with Crippen LogP contribution in [0, 0.1) is 95.2 Å². The fraction of sp³-hybridized carbons (Fsp3) is 0.359. The summed E-state index contributed by atoms with van der Waals surface area (Å²) in [7, 11) is 1.75. The maximum atomic E-state index is 12.8. The number of piperidine rings is 5. The van der Waals surface area contributed by atoms with Crippen molar-refractivity contribution >= 4 is 108 Å². The number of nitrogens with zero attached hydrogens (tertiary/aromatic N) is 16. The third-order valence-corrected chi connectivity index (χ3v) is 29.9. The molecule has 0 spiro atoms. The molecule has 0 radical (unpaired) electrons. The molecule has 0 bridgehead atoms. The number of aromatic nitrogens is 11. The van der Waals surface area contributed by atoms with Gasteiger partial charge in [-0.2, -0.15) is 36.4 Å². The number of methoxy groups -OCH3 is 1. The van der Waals surface area contributed by atoms with Crippen LogP contribution in [0.3, 0.4) is 0 Å². The second-order valence-electron chi connectivity index (χ2n) is 38.2. The van der Waals surface area contributed by atoms with Gasteiger partial charge in [-0.15, -0.1) is 24.3 Å². The number of carbonyl (C=O) groups is 3. The largest absolute Gasteiger partial charge is 0.380 e. The van der Waals surface area contributed by atoms with E-state index in [2.05, 4.69) is 171 Å². The molecule has 0 amide bonds. The first-order valence-corrected chi connectivity index (χ1v) is 52.0. The van der Waals surface area contributed by atoms with Crippen molar-refractivity contribution in [1.29, 1.82) is 0 Å². The minimum absolute atomic E-state index is 0. The van der Waals surface area contributed by atoms with Gasteiger partial charge in [-0.25, -0.2) is 9.97 Å². The molecule has 1 unspecified atom stereocenters. The number of Topliss-reactive ketones (excluding diaryl/α,β-unsaturated/α-hetero) is 3. The summed E-state index contributed by atoms with van der Waals surface area (Å²) in [6, 6.07) is 68.0. The van der Waals surface area contributed by atoms with Crippen LogP contribution in [0.5, 0.6) is 0 Å². The van der Waals surface area contributed by atoms with Gasteiger partial charge in [-0.05, 0) is 333 Å². The zero-order valence-corrected chi connectivity index (χ0v) is 94.7. The third kappa shape index (κ3) is 25.8. The standard InChI is InChI=1S/C21H22Cl2N2.C21H24ClN3.C20H25N2O2.C19H16ClN3.C18H22ClN3O.C18H22N3O.2W/c1-14-18-10-11-19(24-12-4-3-5-13-24)21(23)20(18)15(2)25(14)17-8-6-16(22)7-9-17;1-15-19-10-11-23-20(14-24-12-4-3-5-13-24)21(19)16(2)25(15)18-8-6-17(22)7-9-18;1-15-12-19(16(2)22(15)17-8-5-4-6-9-17)20(23)14-21-11-7-10-18(13-21)24-3;1-13-10-18(19-12-22-9-3-4-17(22)11-21-19)14(2)23(13)16-7-5-15(20)6-8-16;1-13-18(17(23)12-21-10-4-3-5-11-21)20-14(2)22(13)16-8-6-15(19)7-9-16;1-14-18(17(22)13-20-11-7-4-8-12-20)19-15(2)21(14)16-9-5-3-6-10-16;;/h6-11H,3-5,12-13H2,1-2H3;6-11H,3-5,12-14H2,1-2H3;5-6,8-9,12,18H,7,10-11,13-14H2,1-3H3;3-12H,1-2H3;6-9H,3-5,10-12H2,1-2H3;5-6,9-10H,4,7-8,11-13H2,1-2H3;;/q;;-1;;;-1;;. The monoisotopic (exact) mass is 2370 g/mol. The van der Waals surface area contributed by atoms with Crippen molar-refractivity contribution in [1.82, 2.24) is 71.3 Å². The van der Waals surface area contributed by atoms with Crippen molar-refractivity contribution in [3.05, 3.63) is 341 Å². The van der Waals surface area contributed by atoms with Crippen molar-refractivity contribution in [2.45, 2.75) is 186 Å². The van der Waals surface area contributed by atoms with Crippen LogP contribution < -0.4 is 4.90 Å². The van der Waals surface area contributed by atoms with Crippen molar-refractivity contribution in [2.24, 2.45) is 0 Å². The summed E-state index contributed by atoms with van der Waals surface area (Å²) in [6.07, 6.45) is 25.5. The minimum atomic E-state index is 0. The average molecular weight is 2370 g/mol. The summed E-state index contributed by atoms with van der Waals surface area (Å²) < 4.78 is 20.6. The van der Waals surface area contributed by atoms with Gasteiger partial charge in [0.1, 0.15) is 23.0 Å². The van der Waals surface area contributed by atoms with Gasteiger partial charge in [-0.1, -0.05) is 94.7 Å². The number of imidazole rings is 2. The van der Waals surface area contributed by atoms with E-state index in [0.29, 0.717) is 36.0 Å². The Morgan fingerprint density at radius 1 is 0.396 bits per heavy atom. The molecule has 752 valence electrons. The van der Waals surface area contributed by atoms with Gasteiger partial charge in [-0.3, -0.25) is 44.0 Å². The van der Waals surface area contributed by atoms with Crippen molar-refractivity contribution < 1.29 is 61.3 Å². The molecule has 21 rings (SSSR count). The Hall–Kier alpha value is -10.1. The molecule has 27 heteroatoms. The second kappa shape index (κ2) is 51.0. The number of likely N-dealkylation sites (tertiary alicyclic amines) is 4. The molecule has 5 aliphatic rings. The van der Waals surface area contributed by atoms with Gasteiger partial charge >= 0.3 is 0 Å². The maximum absolute atomic E-state index is 12.8. The number of hydrogen-bond donors (Lipinski definition) is 0. The van der Waals surface area contributed by atoms with Crippen molar-refractivity contribution in [3.63, 3.8) is 0 Å². The number of pyridine rings is 1. The number of ether oxygens (including phenoxy) is 1. The summed E-state index contributed by atoms with van der Waals surface area (Å²) >= 11 is 31.0. The Labute approximate surface area is 902 Å². The second-order valence-corrected chi connectivity index (χ2v) is 40.3. The quantitative estimate of drug-likeness (QED) is 0.0524. The zero-order chi connectivity index (χ0) is 99.9. The van der Waals surface area contributed by atoms with Gasteiger partial charge in [0, 0.05) is 221 Å². The van der Waals surface area contributed by atoms with Crippen LogP contribution in [0.1, 0.15) is 196 Å². The number of anilines is 1. The number of halogens is 5. The van der Waals surface area contributed by atoms with Crippen molar-refractivity contribution in [2.75, 3.05) is 97.1 Å². The number of fused-ring (bicyclic) bond motifs is 3. The first-order chi connectivity index (χ1) is 68.7. The molecule has 20 nitrogen and oxygen atoms in total. The smallest absolute Gasteiger partial charge is 0.196 e. The Morgan fingerprint density at radius 3 is 1.31 bits per heavy atom. The van der Waals surface area contributed by atoms with Crippen LogP contribution in [0.15, 0.2) is 213 Å². The van der Waals surface area contributed by atoms with Crippen LogP contribution in [0.25, 0.3) is 72.4 Å². The zero-order valence-electron chi connectivity index (χ0n) is 85.1. The van der Waals surface area contributed by atoms with E-state index in [1.54, 1.807) is 7.11 Å². The molecular formula is C117H131Cl5N16O4W2-2. The van der Waals surface area contributed by atoms with Crippen LogP contribution in [0.2, 0.25) is 25.1 Å². The molecular weight excluding hydrogens is 2240 g/mol. The van der Waals surface area contributed by atoms with Gasteiger partial charge in [0.05, 0.1) is 65.2 Å². The molecule has 1 atom stereocenters. The van der Waals surface area contributed by atoms with Crippen LogP contribution >= 0.6 is 58.0 Å². The van der Waals surface area contributed by atoms with E-state index in [1.807, 2.05) is 209 Å². The minimum Gasteiger partial charge on any atom is -0.380 e. The topological polar surface area (TPSA) is 162 Å². The molecule has 144 heavy (non-hydrogen) atoms. The van der Waals surface area contributed by atoms with Gasteiger partial charge in [0.15, 0.2) is 17.3 Å². The Balaban J connectivity index is 0.000000137. The SMILES string of the molecule is COC1CCCN(CC(=O)c2cc(C)n(-c3cc[c-]cc3)c2C)C1.Cc1c2ccc(N3CCCCC3)c(Cl)c2c(C)n1-c1ccc(Cl)cc1.Cc1c2ccnc(CN3CCCCC3)c2c(C)n1-c1ccc(Cl)cc1.Cc1cc(-c2cn3cccc3cn2)c(C)n1-c1ccc(Cl)cc1.Cc1nc(C(=O)CN2CCCCC2)c(C)n1-c1cc[c-]cc1.Cc1nc(C(=O)CN2CCCCC2)c(C)n1-c1ccc(Cl)cc1.[W].[W]. The summed E-state index contributed by atoms with van der Waals surface area (Å²) in [5.41, 5.74) is 25.2. The Morgan fingerprint density at radius 2 is 0.812 bits per heavy atom. The molecule has 16 aromatic rings. The number of benzene rings is 7. The predicted octanol–water partition coefficient (Wildman–Crippen LogP) is 26.8. The number of hydrogen-bond acceptors (Lipinski definition) is 13. The van der Waals surface area contributed by atoms with E-state index in [9.17, 15) is 14.4 Å². The first-order valence-electron chi connectivity index (χ1n) is 50.1. The van der Waals surface area contributed by atoms with E-state index in [-0.39, 0.29) is 65.6 Å². The van der Waals surface area contributed by atoms with E-state index < -0.39 is 0 Å². The first kappa shape index (κ1) is 110. The molecule has 5 fully saturated rings. The Bertz CT molecular complexity index is 7040. The summed E-state index contributed by atoms with van der Waals surface area (Å²) in [6.45, 7) is 37.6. The number of rotatable bonds is 20. The van der Waals surface area contributed by atoms with E-state index in [1.165, 1.54) is 152 Å². The number of aryl methyl sites for hydroxylation is 8. The summed E-state index contributed by atoms with van der Waals surface area (Å²) in [5.74, 6) is 2.11. The Kier molecular flexibility index (Phi) is 38.8. The predicted molar refractivity (Wildman–Crippen MR) is 582 cm³/mol. The molecule has 5 aliphatic heterocycles. The summed E-state index contributed by atoms with van der Waals surface area (Å²) in [5, 5.41) is 8.84. The molecule has 5 saturated heterocycles. The molecule has 0 aliphatic carbocycles. The third-order valence-electron chi connectivity index (χ3n) is 28.5. The summed E-state index contributed by atoms with van der Waals surface area (Å²) in [4.78, 5) is 68.2. The number of ketones is 3. The maximum Gasteiger partial charge on any atom is 0.196 e. The van der Waals surface area contributed by atoms with Gasteiger partial charge < -0.3 is 41.4 Å². The van der Waals surface area contributed by atoms with Crippen LogP contribution in [-0.4, -0.2) is 187 Å². The van der Waals surface area contributed by atoms with Gasteiger partial charge in [0.2, 0.25) is 0 Å². The van der Waals surface area contributed by atoms with E-state index in [0.717, 1.165) is 188 Å². The molecule has 0 N–H and O–H groups in total. The molecule has 14 heterocycles. The van der Waals surface area contributed by atoms with Crippen molar-refractivity contribution in [3.8, 4) is 45.4 Å². The van der Waals surface area contributed by atoms with Crippen LogP contribution in [-0.2, 0) is 53.4 Å².